The summed E-state index contributed by atoms with van der Waals surface area (Å²) in [6.07, 6.45) is 0. The predicted molar refractivity (Wildman–Crippen MR) is 216 cm³/mol. The molecule has 3 aromatic heterocycles. The first kappa shape index (κ1) is 29.8. The SMILES string of the molecule is CC1(C)c2ccccc2-c2ccc3[nH]c4ccc(-c5cccc(-c6nc(-c7ccccc7)nc(-c7cccc8oc9ccccc9c78)n6)c5)cc4c3c21. The van der Waals surface area contributed by atoms with Gasteiger partial charge in [0.1, 0.15) is 11.2 Å². The number of benzene rings is 7. The molecule has 0 saturated carbocycles. The van der Waals surface area contributed by atoms with Crippen LogP contribution in [0.25, 0.3) is 100 Å². The minimum atomic E-state index is -0.115. The average Bonchev–Trinajstić information content (AvgIpc) is 3.85. The Bertz CT molecular complexity index is 3100. The Kier molecular flexibility index (Phi) is 6.23. The Labute approximate surface area is 305 Å². The van der Waals surface area contributed by atoms with Crippen LogP contribution in [-0.4, -0.2) is 19.9 Å². The van der Waals surface area contributed by atoms with E-state index in [1.54, 1.807) is 0 Å². The number of nitrogens with zero attached hydrogens (tertiary/aromatic N) is 3. The van der Waals surface area contributed by atoms with Gasteiger partial charge in [-0.25, -0.2) is 15.0 Å². The Balaban J connectivity index is 1.08. The fourth-order valence-electron chi connectivity index (χ4n) is 8.58. The number of H-pyrrole nitrogens is 1. The summed E-state index contributed by atoms with van der Waals surface area (Å²) >= 11 is 0. The van der Waals surface area contributed by atoms with Crippen LogP contribution in [0.2, 0.25) is 0 Å². The molecule has 0 fully saturated rings. The summed E-state index contributed by atoms with van der Waals surface area (Å²) in [7, 11) is 0. The van der Waals surface area contributed by atoms with Crippen LogP contribution >= 0.6 is 0 Å². The van der Waals surface area contributed by atoms with E-state index in [-0.39, 0.29) is 5.41 Å². The summed E-state index contributed by atoms with van der Waals surface area (Å²) in [5, 5.41) is 4.56. The van der Waals surface area contributed by atoms with Gasteiger partial charge in [0.25, 0.3) is 0 Å². The Morgan fingerprint density at radius 2 is 1.11 bits per heavy atom. The zero-order valence-electron chi connectivity index (χ0n) is 29.2. The van der Waals surface area contributed by atoms with Crippen LogP contribution in [0.1, 0.15) is 25.0 Å². The van der Waals surface area contributed by atoms with E-state index in [4.69, 9.17) is 19.4 Å². The summed E-state index contributed by atoms with van der Waals surface area (Å²) < 4.78 is 6.24. The van der Waals surface area contributed by atoms with Crippen LogP contribution in [-0.2, 0) is 5.41 Å². The lowest BCUT2D eigenvalue weighted by Crippen LogP contribution is -2.15. The number of aromatic nitrogens is 4. The van der Waals surface area contributed by atoms with Crippen molar-refractivity contribution >= 4 is 43.7 Å². The molecule has 0 amide bonds. The van der Waals surface area contributed by atoms with Crippen LogP contribution < -0.4 is 0 Å². The molecule has 0 radical (unpaired) electrons. The Morgan fingerprint density at radius 3 is 2.02 bits per heavy atom. The zero-order valence-corrected chi connectivity index (χ0v) is 29.2. The number of rotatable bonds is 4. The van der Waals surface area contributed by atoms with Crippen molar-refractivity contribution < 1.29 is 4.42 Å². The van der Waals surface area contributed by atoms with Gasteiger partial charge < -0.3 is 9.40 Å². The van der Waals surface area contributed by atoms with Crippen molar-refractivity contribution in [2.75, 3.05) is 0 Å². The average molecular weight is 681 g/mol. The maximum Gasteiger partial charge on any atom is 0.164 e. The lowest BCUT2D eigenvalue weighted by molar-refractivity contribution is 0.666. The molecule has 5 heteroatoms. The predicted octanol–water partition coefficient (Wildman–Crippen LogP) is 12.4. The normalized spacial score (nSPS) is 13.2. The number of hydrogen-bond donors (Lipinski definition) is 1. The highest BCUT2D eigenvalue weighted by Gasteiger charge is 2.37. The van der Waals surface area contributed by atoms with Gasteiger partial charge in [0, 0.05) is 54.7 Å². The molecule has 10 aromatic rings. The third-order valence-electron chi connectivity index (χ3n) is 11.0. The number of furan rings is 1. The van der Waals surface area contributed by atoms with E-state index in [9.17, 15) is 0 Å². The number of hydrogen-bond acceptors (Lipinski definition) is 4. The van der Waals surface area contributed by atoms with Gasteiger partial charge in [-0.2, -0.15) is 0 Å². The molecule has 0 saturated heterocycles. The van der Waals surface area contributed by atoms with E-state index in [2.05, 4.69) is 110 Å². The quantitative estimate of drug-likeness (QED) is 0.201. The molecule has 3 heterocycles. The molecule has 11 rings (SSSR count). The highest BCUT2D eigenvalue weighted by Crippen LogP contribution is 2.52. The molecule has 1 aliphatic rings. The maximum absolute atomic E-state index is 6.24. The summed E-state index contributed by atoms with van der Waals surface area (Å²) in [6, 6.07) is 53.0. The van der Waals surface area contributed by atoms with Gasteiger partial charge in [0.05, 0.1) is 0 Å². The second-order valence-corrected chi connectivity index (χ2v) is 14.5. The van der Waals surface area contributed by atoms with E-state index in [1.165, 1.54) is 33.0 Å². The van der Waals surface area contributed by atoms with Crippen molar-refractivity contribution in [3.63, 3.8) is 0 Å². The van der Waals surface area contributed by atoms with Gasteiger partial charge in [-0.05, 0) is 69.8 Å². The first-order valence-corrected chi connectivity index (χ1v) is 18.0. The van der Waals surface area contributed by atoms with Crippen LogP contribution in [0, 0.1) is 0 Å². The summed E-state index contributed by atoms with van der Waals surface area (Å²) in [4.78, 5) is 19.0. The summed E-state index contributed by atoms with van der Waals surface area (Å²) in [5.74, 6) is 1.85. The first-order valence-electron chi connectivity index (χ1n) is 18.0. The van der Waals surface area contributed by atoms with Crippen LogP contribution in [0.3, 0.4) is 0 Å². The Morgan fingerprint density at radius 1 is 0.453 bits per heavy atom. The molecule has 0 spiro atoms. The molecular formula is C48H32N4O. The van der Waals surface area contributed by atoms with E-state index >= 15 is 0 Å². The molecule has 5 nitrogen and oxygen atoms in total. The van der Waals surface area contributed by atoms with Crippen molar-refractivity contribution in [1.82, 2.24) is 19.9 Å². The number of aromatic amines is 1. The third kappa shape index (κ3) is 4.47. The smallest absolute Gasteiger partial charge is 0.164 e. The second-order valence-electron chi connectivity index (χ2n) is 14.5. The van der Waals surface area contributed by atoms with Gasteiger partial charge in [-0.1, -0.05) is 129 Å². The Hall–Kier alpha value is -6.85. The molecule has 0 bridgehead atoms. The highest BCUT2D eigenvalue weighted by molar-refractivity contribution is 6.14. The van der Waals surface area contributed by atoms with Crippen molar-refractivity contribution in [3.8, 4) is 56.4 Å². The zero-order chi connectivity index (χ0) is 35.3. The van der Waals surface area contributed by atoms with Gasteiger partial charge in [-0.15, -0.1) is 0 Å². The summed E-state index contributed by atoms with van der Waals surface area (Å²) in [6.45, 7) is 4.71. The minimum absolute atomic E-state index is 0.115. The minimum Gasteiger partial charge on any atom is -0.456 e. The lowest BCUT2D eigenvalue weighted by Gasteiger charge is -2.22. The molecular weight excluding hydrogens is 649 g/mol. The molecule has 0 atom stereocenters. The topological polar surface area (TPSA) is 67.6 Å². The van der Waals surface area contributed by atoms with Crippen LogP contribution in [0.15, 0.2) is 156 Å². The lowest BCUT2D eigenvalue weighted by atomic mass is 9.80. The van der Waals surface area contributed by atoms with E-state index in [0.29, 0.717) is 17.5 Å². The molecule has 7 aromatic carbocycles. The van der Waals surface area contributed by atoms with Crippen molar-refractivity contribution in [2.45, 2.75) is 19.3 Å². The highest BCUT2D eigenvalue weighted by atomic mass is 16.3. The van der Waals surface area contributed by atoms with Crippen LogP contribution in [0.5, 0.6) is 0 Å². The van der Waals surface area contributed by atoms with Crippen LogP contribution in [0.4, 0.5) is 0 Å². The van der Waals surface area contributed by atoms with Crippen molar-refractivity contribution in [1.29, 1.82) is 0 Å². The molecule has 1 aliphatic carbocycles. The van der Waals surface area contributed by atoms with E-state index < -0.39 is 0 Å². The number of fused-ring (bicyclic) bond motifs is 10. The third-order valence-corrected chi connectivity index (χ3v) is 11.0. The van der Waals surface area contributed by atoms with Gasteiger partial charge in [0.2, 0.25) is 0 Å². The van der Waals surface area contributed by atoms with Crippen molar-refractivity contribution in [3.05, 3.63) is 163 Å². The fraction of sp³-hybridized carbons (Fsp3) is 0.0625. The van der Waals surface area contributed by atoms with Gasteiger partial charge in [-0.3, -0.25) is 0 Å². The van der Waals surface area contributed by atoms with E-state index in [1.807, 2.05) is 60.7 Å². The molecule has 0 unspecified atom stereocenters. The number of nitrogens with one attached hydrogen (secondary N) is 1. The largest absolute Gasteiger partial charge is 0.456 e. The standard InChI is InChI=1S/C48H32N4O/c1-48(2)37-19-8-6-16-32(37)33-23-25-39-43(44(33)48)36-27-30(22-24-38(36)49-39)29-14-10-15-31(26-29)46-50-45(28-12-4-3-5-13-28)51-47(52-46)35-18-11-21-41-42(35)34-17-7-9-20-40(34)53-41/h3-27,49H,1-2H3. The first-order chi connectivity index (χ1) is 26.0. The summed E-state index contributed by atoms with van der Waals surface area (Å²) in [5.41, 5.74) is 14.2. The molecule has 1 N–H and O–H groups in total. The van der Waals surface area contributed by atoms with Gasteiger partial charge in [0.15, 0.2) is 17.5 Å². The fourth-order valence-corrected chi connectivity index (χ4v) is 8.58. The molecule has 53 heavy (non-hydrogen) atoms. The number of para-hydroxylation sites is 1. The molecule has 250 valence electrons. The monoisotopic (exact) mass is 680 g/mol. The molecule has 0 aliphatic heterocycles. The second kappa shape index (κ2) is 11.1. The van der Waals surface area contributed by atoms with Crippen molar-refractivity contribution in [2.24, 2.45) is 0 Å². The van der Waals surface area contributed by atoms with Gasteiger partial charge >= 0.3 is 0 Å². The maximum atomic E-state index is 6.24. The van der Waals surface area contributed by atoms with E-state index in [0.717, 1.165) is 60.8 Å².